The van der Waals surface area contributed by atoms with Gasteiger partial charge in [0.15, 0.2) is 0 Å². The van der Waals surface area contributed by atoms with E-state index < -0.39 is 22.2 Å². The Bertz CT molecular complexity index is 1120. The van der Waals surface area contributed by atoms with Crippen LogP contribution in [0.1, 0.15) is 22.9 Å². The molecule has 8 nitrogen and oxygen atoms in total. The number of ether oxygens (including phenoxy) is 1. The van der Waals surface area contributed by atoms with Crippen molar-refractivity contribution in [1.29, 1.82) is 0 Å². The highest BCUT2D eigenvalue weighted by Crippen LogP contribution is 2.38. The van der Waals surface area contributed by atoms with Crippen LogP contribution in [0.3, 0.4) is 0 Å². The van der Waals surface area contributed by atoms with Crippen molar-refractivity contribution >= 4 is 33.5 Å². The number of nitrogens with one attached hydrogen (secondary N) is 1. The highest BCUT2D eigenvalue weighted by Gasteiger charge is 2.38. The number of nitrogens with zero attached hydrogens (tertiary/aromatic N) is 3. The van der Waals surface area contributed by atoms with Gasteiger partial charge in [0, 0.05) is 12.2 Å². The molecule has 0 spiro atoms. The van der Waals surface area contributed by atoms with E-state index in [1.165, 1.54) is 35.7 Å². The van der Waals surface area contributed by atoms with Crippen LogP contribution in [0.5, 0.6) is 0 Å². The maximum Gasteiger partial charge on any atom is 0.411 e. The Morgan fingerprint density at radius 3 is 2.66 bits per heavy atom. The summed E-state index contributed by atoms with van der Waals surface area (Å²) in [5, 5.41) is 2.51. The summed E-state index contributed by atoms with van der Waals surface area (Å²) in [7, 11) is -2.54. The average Bonchev–Trinajstić information content (AvgIpc) is 3.27. The number of carbonyl (C=O) groups is 1. The van der Waals surface area contributed by atoms with Gasteiger partial charge in [-0.1, -0.05) is 24.3 Å². The molecular weight excluding hydrogens is 412 g/mol. The quantitative estimate of drug-likeness (QED) is 0.683. The van der Waals surface area contributed by atoms with Crippen molar-refractivity contribution in [3.63, 3.8) is 0 Å². The van der Waals surface area contributed by atoms with E-state index in [2.05, 4.69) is 18.8 Å². The minimum absolute atomic E-state index is 0.139. The summed E-state index contributed by atoms with van der Waals surface area (Å²) < 4.78 is 41.3. The second-order valence-corrected chi connectivity index (χ2v) is 8.89. The largest absolute Gasteiger partial charge is 0.453 e. The molecular formula is C19H18N4O4S2. The lowest BCUT2D eigenvalue weighted by atomic mass is 9.93. The SMILES string of the molecule is COC(=O)Nc1ccc(S(=O)(=O)N2CCc3ccccc3C2c2cnsn2)cc1. The van der Waals surface area contributed by atoms with Gasteiger partial charge in [-0.05, 0) is 41.8 Å². The Morgan fingerprint density at radius 2 is 1.97 bits per heavy atom. The maximum absolute atomic E-state index is 13.5. The topological polar surface area (TPSA) is 101 Å². The molecule has 4 rings (SSSR count). The lowest BCUT2D eigenvalue weighted by Crippen LogP contribution is -2.40. The first-order chi connectivity index (χ1) is 14.0. The molecule has 2 heterocycles. The first-order valence-electron chi connectivity index (χ1n) is 8.83. The fourth-order valence-corrected chi connectivity index (χ4v) is 5.44. The fraction of sp³-hybridized carbons (Fsp3) is 0.211. The molecule has 10 heteroatoms. The molecule has 1 aromatic heterocycles. The Kier molecular flexibility index (Phi) is 5.31. The summed E-state index contributed by atoms with van der Waals surface area (Å²) in [6, 6.07) is 13.3. The Morgan fingerprint density at radius 1 is 1.21 bits per heavy atom. The molecule has 1 aliphatic rings. The summed E-state index contributed by atoms with van der Waals surface area (Å²) in [6.45, 7) is 0.337. The van der Waals surface area contributed by atoms with Crippen LogP contribution in [0.4, 0.5) is 10.5 Å². The number of methoxy groups -OCH3 is 1. The van der Waals surface area contributed by atoms with E-state index in [1.54, 1.807) is 6.20 Å². The Balaban J connectivity index is 1.71. The van der Waals surface area contributed by atoms with Gasteiger partial charge >= 0.3 is 6.09 Å². The average molecular weight is 431 g/mol. The van der Waals surface area contributed by atoms with Crippen molar-refractivity contribution < 1.29 is 17.9 Å². The van der Waals surface area contributed by atoms with E-state index in [0.29, 0.717) is 24.3 Å². The molecule has 0 aliphatic carbocycles. The van der Waals surface area contributed by atoms with Crippen molar-refractivity contribution in [3.8, 4) is 0 Å². The summed E-state index contributed by atoms with van der Waals surface area (Å²) in [4.78, 5) is 11.5. The molecule has 0 radical (unpaired) electrons. The van der Waals surface area contributed by atoms with E-state index in [4.69, 9.17) is 0 Å². The van der Waals surface area contributed by atoms with Crippen LogP contribution in [-0.4, -0.2) is 41.2 Å². The summed E-state index contributed by atoms with van der Waals surface area (Å²) in [5.41, 5.74) is 3.07. The highest BCUT2D eigenvalue weighted by atomic mass is 32.2. The Hall–Kier alpha value is -2.82. The smallest absolute Gasteiger partial charge is 0.411 e. The number of hydrogen-bond donors (Lipinski definition) is 1. The molecule has 1 atom stereocenters. The van der Waals surface area contributed by atoms with Gasteiger partial charge in [0.25, 0.3) is 0 Å². The standard InChI is InChI=1S/C19H18N4O4S2/c1-27-19(24)21-14-6-8-15(9-7-14)29(25,26)23-11-10-13-4-2-3-5-16(13)18(23)17-12-20-28-22-17/h2-9,12,18H,10-11H2,1H3,(H,21,24). The molecule has 1 amide bonds. The molecule has 0 bridgehead atoms. The maximum atomic E-state index is 13.5. The number of anilines is 1. The molecule has 150 valence electrons. The number of sulfonamides is 1. The van der Waals surface area contributed by atoms with Gasteiger partial charge in [-0.2, -0.15) is 13.1 Å². The van der Waals surface area contributed by atoms with Crippen molar-refractivity contribution in [2.45, 2.75) is 17.4 Å². The second-order valence-electron chi connectivity index (χ2n) is 6.44. The molecule has 0 saturated carbocycles. The zero-order chi connectivity index (χ0) is 20.4. The summed E-state index contributed by atoms with van der Waals surface area (Å²) in [5.74, 6) is 0. The number of aromatic nitrogens is 2. The van der Waals surface area contributed by atoms with Crippen molar-refractivity contribution in [2.75, 3.05) is 19.0 Å². The number of rotatable bonds is 4. The van der Waals surface area contributed by atoms with Gasteiger partial charge < -0.3 is 4.74 Å². The normalized spacial score (nSPS) is 16.8. The lowest BCUT2D eigenvalue weighted by Gasteiger charge is -2.35. The first-order valence-corrected chi connectivity index (χ1v) is 11.0. The van der Waals surface area contributed by atoms with E-state index in [-0.39, 0.29) is 4.90 Å². The minimum atomic E-state index is -3.80. The lowest BCUT2D eigenvalue weighted by molar-refractivity contribution is 0.187. The predicted molar refractivity (Wildman–Crippen MR) is 108 cm³/mol. The highest BCUT2D eigenvalue weighted by molar-refractivity contribution is 7.89. The van der Waals surface area contributed by atoms with Crippen LogP contribution in [0.25, 0.3) is 0 Å². The van der Waals surface area contributed by atoms with Gasteiger partial charge in [-0.3, -0.25) is 5.32 Å². The van der Waals surface area contributed by atoms with E-state index in [9.17, 15) is 13.2 Å². The molecule has 0 fully saturated rings. The summed E-state index contributed by atoms with van der Waals surface area (Å²) >= 11 is 1.05. The van der Waals surface area contributed by atoms with Crippen molar-refractivity contribution in [2.24, 2.45) is 0 Å². The van der Waals surface area contributed by atoms with Crippen LogP contribution in [0.15, 0.2) is 59.6 Å². The fourth-order valence-electron chi connectivity index (χ4n) is 3.42. The van der Waals surface area contributed by atoms with Gasteiger partial charge in [-0.15, -0.1) is 0 Å². The van der Waals surface area contributed by atoms with Crippen LogP contribution in [-0.2, 0) is 21.2 Å². The van der Waals surface area contributed by atoms with Crippen LogP contribution in [0.2, 0.25) is 0 Å². The van der Waals surface area contributed by atoms with Crippen molar-refractivity contribution in [1.82, 2.24) is 13.1 Å². The van der Waals surface area contributed by atoms with Crippen LogP contribution < -0.4 is 5.32 Å². The van der Waals surface area contributed by atoms with E-state index in [0.717, 1.165) is 22.9 Å². The van der Waals surface area contributed by atoms with Gasteiger partial charge in [-0.25, -0.2) is 13.2 Å². The molecule has 0 saturated heterocycles. The number of hydrogen-bond acceptors (Lipinski definition) is 7. The molecule has 1 aliphatic heterocycles. The van der Waals surface area contributed by atoms with Gasteiger partial charge in [0.05, 0.1) is 41.7 Å². The third-order valence-electron chi connectivity index (χ3n) is 4.79. The first kappa shape index (κ1) is 19.5. The summed E-state index contributed by atoms with van der Waals surface area (Å²) in [6.07, 6.45) is 1.61. The molecule has 1 N–H and O–H groups in total. The zero-order valence-electron chi connectivity index (χ0n) is 15.5. The van der Waals surface area contributed by atoms with E-state index in [1.807, 2.05) is 24.3 Å². The second kappa shape index (κ2) is 7.90. The Labute approximate surface area is 172 Å². The van der Waals surface area contributed by atoms with Gasteiger partial charge in [0.2, 0.25) is 10.0 Å². The zero-order valence-corrected chi connectivity index (χ0v) is 17.1. The van der Waals surface area contributed by atoms with Gasteiger partial charge in [0.1, 0.15) is 0 Å². The third-order valence-corrected chi connectivity index (χ3v) is 7.16. The molecule has 2 aromatic carbocycles. The predicted octanol–water partition coefficient (Wildman–Crippen LogP) is 3.05. The number of amides is 1. The van der Waals surface area contributed by atoms with Crippen LogP contribution in [0, 0.1) is 0 Å². The third kappa shape index (κ3) is 3.74. The number of carbonyl (C=O) groups excluding carboxylic acids is 1. The van der Waals surface area contributed by atoms with Crippen molar-refractivity contribution in [3.05, 3.63) is 71.5 Å². The monoisotopic (exact) mass is 430 g/mol. The van der Waals surface area contributed by atoms with E-state index >= 15 is 0 Å². The molecule has 29 heavy (non-hydrogen) atoms. The molecule has 3 aromatic rings. The number of fused-ring (bicyclic) bond motifs is 1. The minimum Gasteiger partial charge on any atom is -0.453 e. The molecule has 1 unspecified atom stereocenters. The van der Waals surface area contributed by atoms with Crippen LogP contribution >= 0.6 is 11.7 Å². The number of benzene rings is 2.